The van der Waals surface area contributed by atoms with Gasteiger partial charge in [-0.25, -0.2) is 0 Å². The first kappa shape index (κ1) is 18.2. The minimum atomic E-state index is -1.01. The third-order valence-electron chi connectivity index (χ3n) is 3.66. The van der Waals surface area contributed by atoms with Crippen molar-refractivity contribution >= 4 is 23.8 Å². The molecule has 0 aromatic carbocycles. The lowest BCUT2D eigenvalue weighted by atomic mass is 10.3. The Kier molecular flexibility index (Phi) is 8.54. The molecule has 0 aliphatic heterocycles. The molecule has 0 atom stereocenters. The molecule has 0 unspecified atom stereocenters. The zero-order valence-electron chi connectivity index (χ0n) is 13.5. The zero-order valence-corrected chi connectivity index (χ0v) is 15.2. The molecule has 0 rings (SSSR count). The van der Waals surface area contributed by atoms with E-state index in [1.165, 1.54) is 23.3 Å². The lowest BCUT2D eigenvalue weighted by molar-refractivity contribution is 0.185. The minimum absolute atomic E-state index is 0.472. The van der Waals surface area contributed by atoms with Crippen molar-refractivity contribution < 1.29 is 0 Å². The average molecular weight is 291 g/mol. The largest absolute Gasteiger partial charge is 0.288 e. The molecular formula is C14H32N2PS+. The van der Waals surface area contributed by atoms with Gasteiger partial charge in [-0.2, -0.15) is 0 Å². The molecule has 0 saturated heterocycles. The van der Waals surface area contributed by atoms with Gasteiger partial charge in [0.2, 0.25) is 4.78 Å². The van der Waals surface area contributed by atoms with Crippen LogP contribution in [0, 0.1) is 0 Å². The Balaban J connectivity index is 5.38. The van der Waals surface area contributed by atoms with E-state index in [0.29, 0.717) is 12.1 Å². The highest BCUT2D eigenvalue weighted by molar-refractivity contribution is 8.29. The second kappa shape index (κ2) is 8.43. The van der Waals surface area contributed by atoms with Gasteiger partial charge in [-0.1, -0.05) is 11.8 Å². The van der Waals surface area contributed by atoms with Gasteiger partial charge in [0.25, 0.3) is 0 Å². The summed E-state index contributed by atoms with van der Waals surface area (Å²) in [5.41, 5.74) is 0. The van der Waals surface area contributed by atoms with Crippen LogP contribution in [0.5, 0.6) is 0 Å². The van der Waals surface area contributed by atoms with Gasteiger partial charge in [0, 0.05) is 12.1 Å². The van der Waals surface area contributed by atoms with Crippen molar-refractivity contribution in [2.24, 2.45) is 5.10 Å². The highest BCUT2D eigenvalue weighted by Gasteiger charge is 2.39. The van der Waals surface area contributed by atoms with Crippen molar-refractivity contribution in [3.05, 3.63) is 0 Å². The fourth-order valence-corrected chi connectivity index (χ4v) is 7.67. The fourth-order valence-electron chi connectivity index (χ4n) is 2.33. The molecule has 0 saturated carbocycles. The molecule has 0 spiro atoms. The minimum Gasteiger partial charge on any atom is -0.288 e. The van der Waals surface area contributed by atoms with Gasteiger partial charge in [0.05, 0.1) is 25.7 Å². The summed E-state index contributed by atoms with van der Waals surface area (Å²) in [5, 5.41) is 7.31. The maximum Gasteiger partial charge on any atom is 0.233 e. The molecule has 0 N–H and O–H groups in total. The van der Waals surface area contributed by atoms with Crippen LogP contribution in [0.4, 0.5) is 0 Å². The zero-order chi connectivity index (χ0) is 14.3. The molecule has 0 aromatic rings. The van der Waals surface area contributed by atoms with Crippen LogP contribution >= 0.6 is 19.0 Å². The van der Waals surface area contributed by atoms with E-state index in [1.807, 2.05) is 11.8 Å². The van der Waals surface area contributed by atoms with Crippen molar-refractivity contribution in [1.82, 2.24) is 5.01 Å². The Labute approximate surface area is 119 Å². The average Bonchev–Trinajstić information content (AvgIpc) is 2.34. The van der Waals surface area contributed by atoms with Gasteiger partial charge in [0.15, 0.2) is 0 Å². The first-order valence-corrected chi connectivity index (χ1v) is 10.7. The fraction of sp³-hybridized carbons (Fsp3) is 0.929. The SMILES string of the molecule is CC[P+](CC)(CC)/C(=N\N(C(C)C)C(C)C)SC. The molecule has 0 aromatic heterocycles. The smallest absolute Gasteiger partial charge is 0.233 e. The summed E-state index contributed by atoms with van der Waals surface area (Å²) in [4.78, 5) is 1.41. The molecule has 2 nitrogen and oxygen atoms in total. The van der Waals surface area contributed by atoms with Gasteiger partial charge in [0.1, 0.15) is 0 Å². The number of rotatable bonds is 7. The predicted molar refractivity (Wildman–Crippen MR) is 91.6 cm³/mol. The Morgan fingerprint density at radius 1 is 1.00 bits per heavy atom. The van der Waals surface area contributed by atoms with E-state index in [9.17, 15) is 0 Å². The second-order valence-electron chi connectivity index (χ2n) is 5.25. The lowest BCUT2D eigenvalue weighted by Gasteiger charge is -2.31. The molecule has 0 bridgehead atoms. The van der Waals surface area contributed by atoms with Crippen molar-refractivity contribution in [2.75, 3.05) is 24.7 Å². The summed E-state index contributed by atoms with van der Waals surface area (Å²) in [5.74, 6) is 0. The molecule has 0 heterocycles. The first-order valence-electron chi connectivity index (χ1n) is 7.16. The Morgan fingerprint density at radius 2 is 1.39 bits per heavy atom. The van der Waals surface area contributed by atoms with E-state index in [0.717, 1.165) is 0 Å². The molecule has 0 aliphatic carbocycles. The quantitative estimate of drug-likeness (QED) is 0.289. The van der Waals surface area contributed by atoms with E-state index >= 15 is 0 Å². The number of thioether (sulfide) groups is 1. The molecule has 4 heteroatoms. The van der Waals surface area contributed by atoms with Gasteiger partial charge >= 0.3 is 0 Å². The van der Waals surface area contributed by atoms with E-state index in [2.05, 4.69) is 59.7 Å². The normalized spacial score (nSPS) is 13.6. The Hall–Kier alpha value is 0.250. The van der Waals surface area contributed by atoms with Crippen LogP contribution in [0.15, 0.2) is 5.10 Å². The molecule has 0 amide bonds. The van der Waals surface area contributed by atoms with Crippen molar-refractivity contribution in [3.8, 4) is 0 Å². The molecule has 18 heavy (non-hydrogen) atoms. The Morgan fingerprint density at radius 3 is 1.61 bits per heavy atom. The van der Waals surface area contributed by atoms with Crippen LogP contribution in [0.3, 0.4) is 0 Å². The molecule has 0 aliphatic rings. The van der Waals surface area contributed by atoms with Crippen LogP contribution in [0.1, 0.15) is 48.5 Å². The molecule has 0 fully saturated rings. The van der Waals surface area contributed by atoms with E-state index < -0.39 is 7.26 Å². The standard InChI is InChI=1S/C14H32N2PS/c1-9-17(10-2,11-3)14(18-8)15-16(12(4)5)13(6)7/h12-13H,9-11H2,1-8H3/q+1/b15-14+. The molecule has 108 valence electrons. The van der Waals surface area contributed by atoms with Crippen molar-refractivity contribution in [1.29, 1.82) is 0 Å². The number of hydrogen-bond donors (Lipinski definition) is 0. The van der Waals surface area contributed by atoms with Gasteiger partial charge in [-0.15, -0.1) is 5.10 Å². The third kappa shape index (κ3) is 4.42. The summed E-state index contributed by atoms with van der Waals surface area (Å²) in [6.07, 6.45) is 6.03. The van der Waals surface area contributed by atoms with E-state index in [-0.39, 0.29) is 0 Å². The maximum atomic E-state index is 5.04. The summed E-state index contributed by atoms with van der Waals surface area (Å²) >= 11 is 1.87. The summed E-state index contributed by atoms with van der Waals surface area (Å²) in [6, 6.07) is 0.944. The first-order chi connectivity index (χ1) is 8.38. The Bertz CT molecular complexity index is 244. The van der Waals surface area contributed by atoms with Gasteiger partial charge in [-0.3, -0.25) is 5.01 Å². The summed E-state index contributed by atoms with van der Waals surface area (Å²) in [6.45, 7) is 15.9. The number of nitrogens with zero attached hydrogens (tertiary/aromatic N) is 2. The van der Waals surface area contributed by atoms with E-state index in [1.54, 1.807) is 0 Å². The third-order valence-corrected chi connectivity index (χ3v) is 10.4. The van der Waals surface area contributed by atoms with Crippen LogP contribution in [-0.4, -0.2) is 46.6 Å². The topological polar surface area (TPSA) is 15.6 Å². The lowest BCUT2D eigenvalue weighted by Crippen LogP contribution is -2.33. The van der Waals surface area contributed by atoms with Crippen molar-refractivity contribution in [2.45, 2.75) is 60.5 Å². The van der Waals surface area contributed by atoms with Crippen LogP contribution in [0.25, 0.3) is 0 Å². The second-order valence-corrected chi connectivity index (χ2v) is 11.0. The van der Waals surface area contributed by atoms with Crippen LogP contribution < -0.4 is 0 Å². The maximum absolute atomic E-state index is 5.04. The predicted octanol–water partition coefficient (Wildman–Crippen LogP) is 4.82. The molecule has 0 radical (unpaired) electrons. The number of hydrazone groups is 1. The number of hydrogen-bond acceptors (Lipinski definition) is 3. The summed E-state index contributed by atoms with van der Waals surface area (Å²) in [7, 11) is -1.01. The van der Waals surface area contributed by atoms with E-state index in [4.69, 9.17) is 5.10 Å². The monoisotopic (exact) mass is 291 g/mol. The highest BCUT2D eigenvalue weighted by atomic mass is 32.2. The highest BCUT2D eigenvalue weighted by Crippen LogP contribution is 2.61. The van der Waals surface area contributed by atoms with Crippen LogP contribution in [-0.2, 0) is 0 Å². The van der Waals surface area contributed by atoms with Crippen LogP contribution in [0.2, 0.25) is 0 Å². The van der Waals surface area contributed by atoms with Gasteiger partial charge in [-0.05, 0) is 54.7 Å². The van der Waals surface area contributed by atoms with Gasteiger partial charge < -0.3 is 0 Å². The van der Waals surface area contributed by atoms with Crippen molar-refractivity contribution in [3.63, 3.8) is 0 Å². The molecular weight excluding hydrogens is 259 g/mol. The summed E-state index contributed by atoms with van der Waals surface area (Å²) < 4.78 is 0.